The fraction of sp³-hybridized carbons (Fsp3) is 0.250. The predicted molar refractivity (Wildman–Crippen MR) is 64.9 cm³/mol. The van der Waals surface area contributed by atoms with Crippen LogP contribution in [0.3, 0.4) is 0 Å². The Labute approximate surface area is 103 Å². The van der Waals surface area contributed by atoms with Crippen LogP contribution in [-0.2, 0) is 6.42 Å². The second kappa shape index (κ2) is 4.87. The Balaban J connectivity index is 2.25. The Morgan fingerprint density at radius 2 is 2.22 bits per heavy atom. The molecule has 6 heteroatoms. The Kier molecular flexibility index (Phi) is 3.27. The van der Waals surface area contributed by atoms with Crippen molar-refractivity contribution in [1.82, 2.24) is 15.0 Å². The van der Waals surface area contributed by atoms with Crippen molar-refractivity contribution in [2.75, 3.05) is 7.11 Å². The van der Waals surface area contributed by atoms with E-state index in [-0.39, 0.29) is 17.0 Å². The van der Waals surface area contributed by atoms with Gasteiger partial charge in [-0.1, -0.05) is 6.07 Å². The minimum Gasteiger partial charge on any atom is -0.493 e. The lowest BCUT2D eigenvalue weighted by molar-refractivity contribution is 0.397. The summed E-state index contributed by atoms with van der Waals surface area (Å²) in [6, 6.07) is 3.55. The second-order valence-electron chi connectivity index (χ2n) is 3.85. The number of rotatable bonds is 3. The molecule has 2 N–H and O–H groups in total. The first kappa shape index (κ1) is 12.1. The van der Waals surface area contributed by atoms with Crippen molar-refractivity contribution in [3.05, 3.63) is 45.6 Å². The van der Waals surface area contributed by atoms with Crippen molar-refractivity contribution >= 4 is 0 Å². The second-order valence-corrected chi connectivity index (χ2v) is 3.85. The number of aromatic nitrogens is 3. The predicted octanol–water partition coefficient (Wildman–Crippen LogP) is 0.778. The van der Waals surface area contributed by atoms with Crippen molar-refractivity contribution in [2.24, 2.45) is 0 Å². The lowest BCUT2D eigenvalue weighted by Crippen LogP contribution is -2.14. The van der Waals surface area contributed by atoms with Gasteiger partial charge in [0.05, 0.1) is 12.7 Å². The zero-order valence-electron chi connectivity index (χ0n) is 10.1. The maximum Gasteiger partial charge on any atom is 0.257 e. The summed E-state index contributed by atoms with van der Waals surface area (Å²) < 4.78 is 4.95. The van der Waals surface area contributed by atoms with Crippen molar-refractivity contribution in [1.29, 1.82) is 0 Å². The quantitative estimate of drug-likeness (QED) is 0.836. The monoisotopic (exact) mass is 247 g/mol. The molecule has 0 saturated carbocycles. The molecule has 0 bridgehead atoms. The summed E-state index contributed by atoms with van der Waals surface area (Å²) in [4.78, 5) is 22.0. The third-order valence-electron chi connectivity index (χ3n) is 2.55. The van der Waals surface area contributed by atoms with Gasteiger partial charge in [-0.2, -0.15) is 4.98 Å². The molecule has 0 aliphatic rings. The molecule has 18 heavy (non-hydrogen) atoms. The highest BCUT2D eigenvalue weighted by atomic mass is 16.5. The van der Waals surface area contributed by atoms with Crippen molar-refractivity contribution in [3.63, 3.8) is 0 Å². The maximum absolute atomic E-state index is 11.5. The van der Waals surface area contributed by atoms with Crippen LogP contribution in [0.4, 0.5) is 0 Å². The van der Waals surface area contributed by atoms with Crippen molar-refractivity contribution in [2.45, 2.75) is 13.3 Å². The van der Waals surface area contributed by atoms with Crippen LogP contribution >= 0.6 is 0 Å². The fourth-order valence-electron chi connectivity index (χ4n) is 1.48. The number of ether oxygens (including phenoxy) is 1. The van der Waals surface area contributed by atoms with Gasteiger partial charge in [0, 0.05) is 18.7 Å². The molecular weight excluding hydrogens is 234 g/mol. The van der Waals surface area contributed by atoms with E-state index in [2.05, 4.69) is 15.0 Å². The van der Waals surface area contributed by atoms with Crippen molar-refractivity contribution < 1.29 is 9.84 Å². The number of aromatic hydroxyl groups is 1. The molecule has 0 atom stereocenters. The van der Waals surface area contributed by atoms with Gasteiger partial charge in [0.25, 0.3) is 5.56 Å². The smallest absolute Gasteiger partial charge is 0.257 e. The van der Waals surface area contributed by atoms with Crippen LogP contribution in [0.5, 0.6) is 11.8 Å². The number of H-pyrrole nitrogens is 1. The van der Waals surface area contributed by atoms with E-state index in [0.29, 0.717) is 18.1 Å². The first-order valence-corrected chi connectivity index (χ1v) is 5.38. The summed E-state index contributed by atoms with van der Waals surface area (Å²) in [6.45, 7) is 1.51. The van der Waals surface area contributed by atoms with Gasteiger partial charge in [0.2, 0.25) is 11.8 Å². The highest BCUT2D eigenvalue weighted by Gasteiger charge is 2.07. The molecule has 2 rings (SSSR count). The molecule has 0 amide bonds. The maximum atomic E-state index is 11.5. The van der Waals surface area contributed by atoms with E-state index in [1.165, 1.54) is 6.92 Å². The molecular formula is C12H13N3O3. The van der Waals surface area contributed by atoms with Crippen LogP contribution < -0.4 is 10.3 Å². The van der Waals surface area contributed by atoms with Gasteiger partial charge in [-0.05, 0) is 12.5 Å². The number of pyridine rings is 1. The zero-order valence-corrected chi connectivity index (χ0v) is 10.1. The fourth-order valence-corrected chi connectivity index (χ4v) is 1.48. The SMILES string of the molecule is COc1ccc(Cc2nc(O)c(C)c(=O)[nH]2)cn1. The molecule has 2 heterocycles. The lowest BCUT2D eigenvalue weighted by Gasteiger charge is -2.04. The van der Waals surface area contributed by atoms with E-state index >= 15 is 0 Å². The third-order valence-corrected chi connectivity index (χ3v) is 2.55. The molecule has 2 aromatic rings. The van der Waals surface area contributed by atoms with Crippen molar-refractivity contribution in [3.8, 4) is 11.8 Å². The Hall–Kier alpha value is -2.37. The number of hydrogen-bond acceptors (Lipinski definition) is 5. The Bertz CT molecular complexity index is 605. The van der Waals surface area contributed by atoms with Crippen LogP contribution in [0.1, 0.15) is 17.0 Å². The summed E-state index contributed by atoms with van der Waals surface area (Å²) in [6.07, 6.45) is 2.02. The van der Waals surface area contributed by atoms with E-state index in [1.807, 2.05) is 6.07 Å². The van der Waals surface area contributed by atoms with Crippen LogP contribution in [-0.4, -0.2) is 27.2 Å². The van der Waals surface area contributed by atoms with Crippen LogP contribution in [0.25, 0.3) is 0 Å². The minimum absolute atomic E-state index is 0.214. The average Bonchev–Trinajstić information content (AvgIpc) is 2.37. The molecule has 0 fully saturated rings. The standard InChI is InChI=1S/C12H13N3O3/c1-7-11(16)14-9(15-12(7)17)5-8-3-4-10(18-2)13-6-8/h3-4,6H,5H2,1-2H3,(H2,14,15,16,17). The lowest BCUT2D eigenvalue weighted by atomic mass is 10.2. The van der Waals surface area contributed by atoms with Gasteiger partial charge >= 0.3 is 0 Å². The van der Waals surface area contributed by atoms with E-state index in [4.69, 9.17) is 4.74 Å². The summed E-state index contributed by atoms with van der Waals surface area (Å²) >= 11 is 0. The summed E-state index contributed by atoms with van der Waals surface area (Å²) in [5, 5.41) is 9.47. The summed E-state index contributed by atoms with van der Waals surface area (Å²) in [5.41, 5.74) is 0.743. The number of nitrogens with zero attached hydrogens (tertiary/aromatic N) is 2. The molecule has 0 aliphatic carbocycles. The summed E-state index contributed by atoms with van der Waals surface area (Å²) in [5.74, 6) is 0.678. The van der Waals surface area contributed by atoms with Crippen LogP contribution in [0, 0.1) is 6.92 Å². The summed E-state index contributed by atoms with van der Waals surface area (Å²) in [7, 11) is 1.54. The molecule has 0 aromatic carbocycles. The van der Waals surface area contributed by atoms with Gasteiger partial charge in [-0.3, -0.25) is 4.79 Å². The molecule has 6 nitrogen and oxygen atoms in total. The Morgan fingerprint density at radius 3 is 2.78 bits per heavy atom. The highest BCUT2D eigenvalue weighted by Crippen LogP contribution is 2.11. The first-order chi connectivity index (χ1) is 8.60. The van der Waals surface area contributed by atoms with Gasteiger partial charge < -0.3 is 14.8 Å². The average molecular weight is 247 g/mol. The molecule has 0 spiro atoms. The van der Waals surface area contributed by atoms with Crippen LogP contribution in [0.15, 0.2) is 23.1 Å². The molecule has 0 radical (unpaired) electrons. The number of nitrogens with one attached hydrogen (secondary N) is 1. The van der Waals surface area contributed by atoms with Gasteiger partial charge in [0.15, 0.2) is 0 Å². The number of methoxy groups -OCH3 is 1. The minimum atomic E-state index is -0.334. The van der Waals surface area contributed by atoms with Gasteiger partial charge in [-0.15, -0.1) is 0 Å². The molecule has 0 aliphatic heterocycles. The molecule has 0 saturated heterocycles. The Morgan fingerprint density at radius 1 is 1.44 bits per heavy atom. The number of hydrogen-bond donors (Lipinski definition) is 2. The third kappa shape index (κ3) is 2.48. The van der Waals surface area contributed by atoms with E-state index in [0.717, 1.165) is 5.56 Å². The van der Waals surface area contributed by atoms with Gasteiger partial charge in [-0.25, -0.2) is 4.98 Å². The van der Waals surface area contributed by atoms with E-state index in [9.17, 15) is 9.90 Å². The van der Waals surface area contributed by atoms with E-state index < -0.39 is 0 Å². The van der Waals surface area contributed by atoms with E-state index in [1.54, 1.807) is 19.4 Å². The largest absolute Gasteiger partial charge is 0.493 e. The topological polar surface area (TPSA) is 88.1 Å². The molecule has 0 unspecified atom stereocenters. The molecule has 2 aromatic heterocycles. The van der Waals surface area contributed by atoms with Crippen LogP contribution in [0.2, 0.25) is 0 Å². The number of aromatic amines is 1. The zero-order chi connectivity index (χ0) is 13.1. The highest BCUT2D eigenvalue weighted by molar-refractivity contribution is 5.24. The molecule has 94 valence electrons. The van der Waals surface area contributed by atoms with Gasteiger partial charge in [0.1, 0.15) is 5.82 Å². The first-order valence-electron chi connectivity index (χ1n) is 5.38. The normalized spacial score (nSPS) is 10.3.